The van der Waals surface area contributed by atoms with Gasteiger partial charge >= 0.3 is 0 Å². The largest absolute Gasteiger partial charge is 0.366 e. The summed E-state index contributed by atoms with van der Waals surface area (Å²) in [5.74, 6) is -0.619. The summed E-state index contributed by atoms with van der Waals surface area (Å²) in [4.78, 5) is 23.5. The Balaban J connectivity index is 2.12. The molecule has 5 nitrogen and oxygen atoms in total. The minimum atomic E-state index is -0.769. The van der Waals surface area contributed by atoms with Gasteiger partial charge in [-0.15, -0.1) is 0 Å². The third kappa shape index (κ3) is 2.99. The lowest BCUT2D eigenvalue weighted by Gasteiger charge is -2.31. The van der Waals surface area contributed by atoms with E-state index in [0.29, 0.717) is 11.3 Å². The minimum absolute atomic E-state index is 0.150. The highest BCUT2D eigenvalue weighted by Gasteiger charge is 2.35. The highest BCUT2D eigenvalue weighted by atomic mass is 16.2. The Labute approximate surface area is 118 Å². The molecule has 0 aromatic heterocycles. The standard InChI is InChI=1S/C15H21N3O2/c1-10-9-11(5-6-12(10)13(16)19)18-14(20)15(17)7-3-2-4-8-15/h5-6,9H,2-4,7-8,17H2,1H3,(H2,16,19)(H,18,20). The molecule has 2 rings (SSSR count). The van der Waals surface area contributed by atoms with Gasteiger partial charge in [-0.1, -0.05) is 19.3 Å². The maximum absolute atomic E-state index is 12.3. The van der Waals surface area contributed by atoms with Gasteiger partial charge in [0.05, 0.1) is 5.54 Å². The van der Waals surface area contributed by atoms with Gasteiger partial charge in [0.25, 0.3) is 0 Å². The van der Waals surface area contributed by atoms with Gasteiger partial charge in [-0.3, -0.25) is 9.59 Å². The van der Waals surface area contributed by atoms with E-state index in [-0.39, 0.29) is 5.91 Å². The molecule has 1 fully saturated rings. The lowest BCUT2D eigenvalue weighted by Crippen LogP contribution is -2.52. The number of hydrogen-bond donors (Lipinski definition) is 3. The first-order valence-electron chi connectivity index (χ1n) is 6.93. The smallest absolute Gasteiger partial charge is 0.248 e. The van der Waals surface area contributed by atoms with Crippen molar-refractivity contribution in [3.05, 3.63) is 29.3 Å². The van der Waals surface area contributed by atoms with Crippen LogP contribution in [0, 0.1) is 6.92 Å². The maximum Gasteiger partial charge on any atom is 0.248 e. The van der Waals surface area contributed by atoms with Gasteiger partial charge in [0.15, 0.2) is 0 Å². The quantitative estimate of drug-likeness (QED) is 0.783. The molecule has 0 saturated heterocycles. The average molecular weight is 275 g/mol. The Kier molecular flexibility index (Phi) is 4.09. The zero-order valence-corrected chi connectivity index (χ0v) is 11.7. The van der Waals surface area contributed by atoms with E-state index in [0.717, 1.165) is 37.7 Å². The Morgan fingerprint density at radius 1 is 1.20 bits per heavy atom. The number of rotatable bonds is 3. The van der Waals surface area contributed by atoms with Crippen molar-refractivity contribution < 1.29 is 9.59 Å². The van der Waals surface area contributed by atoms with Crippen LogP contribution in [-0.2, 0) is 4.79 Å². The molecule has 0 radical (unpaired) electrons. The van der Waals surface area contributed by atoms with Crippen LogP contribution < -0.4 is 16.8 Å². The van der Waals surface area contributed by atoms with Crippen molar-refractivity contribution >= 4 is 17.5 Å². The summed E-state index contributed by atoms with van der Waals surface area (Å²) in [6.45, 7) is 1.79. The molecule has 1 aromatic carbocycles. The first kappa shape index (κ1) is 14.5. The summed E-state index contributed by atoms with van der Waals surface area (Å²) in [6, 6.07) is 5.04. The second-order valence-electron chi connectivity index (χ2n) is 5.56. The van der Waals surface area contributed by atoms with Crippen LogP contribution in [0.25, 0.3) is 0 Å². The van der Waals surface area contributed by atoms with Crippen molar-refractivity contribution in [1.29, 1.82) is 0 Å². The fourth-order valence-electron chi connectivity index (χ4n) is 2.68. The van der Waals surface area contributed by atoms with Crippen LogP contribution in [0.3, 0.4) is 0 Å². The molecule has 5 N–H and O–H groups in total. The van der Waals surface area contributed by atoms with E-state index in [1.54, 1.807) is 25.1 Å². The highest BCUT2D eigenvalue weighted by molar-refractivity contribution is 5.99. The van der Waals surface area contributed by atoms with Crippen LogP contribution in [0.4, 0.5) is 5.69 Å². The predicted molar refractivity (Wildman–Crippen MR) is 78.3 cm³/mol. The average Bonchev–Trinajstić information content (AvgIpc) is 2.39. The molecule has 0 unspecified atom stereocenters. The number of benzene rings is 1. The molecule has 5 heteroatoms. The van der Waals surface area contributed by atoms with Crippen LogP contribution in [0.5, 0.6) is 0 Å². The summed E-state index contributed by atoms with van der Waals surface area (Å²) < 4.78 is 0. The van der Waals surface area contributed by atoms with Crippen molar-refractivity contribution in [2.45, 2.75) is 44.6 Å². The number of anilines is 1. The van der Waals surface area contributed by atoms with Crippen LogP contribution in [0.1, 0.15) is 48.0 Å². The van der Waals surface area contributed by atoms with Gasteiger partial charge < -0.3 is 16.8 Å². The third-order valence-electron chi connectivity index (χ3n) is 3.95. The van der Waals surface area contributed by atoms with Gasteiger partial charge in [-0.2, -0.15) is 0 Å². The zero-order valence-electron chi connectivity index (χ0n) is 11.7. The predicted octanol–water partition coefficient (Wildman–Crippen LogP) is 1.69. The van der Waals surface area contributed by atoms with Crippen LogP contribution >= 0.6 is 0 Å². The fraction of sp³-hybridized carbons (Fsp3) is 0.467. The van der Waals surface area contributed by atoms with Crippen molar-refractivity contribution in [1.82, 2.24) is 0 Å². The zero-order chi connectivity index (χ0) is 14.8. The van der Waals surface area contributed by atoms with E-state index in [2.05, 4.69) is 5.32 Å². The van der Waals surface area contributed by atoms with Gasteiger partial charge in [0.2, 0.25) is 11.8 Å². The molecule has 2 amide bonds. The van der Waals surface area contributed by atoms with E-state index < -0.39 is 11.4 Å². The first-order valence-corrected chi connectivity index (χ1v) is 6.93. The van der Waals surface area contributed by atoms with Gasteiger partial charge in [0, 0.05) is 11.3 Å². The number of nitrogens with two attached hydrogens (primary N) is 2. The number of amides is 2. The molecule has 20 heavy (non-hydrogen) atoms. The molecular formula is C15H21N3O2. The molecular weight excluding hydrogens is 254 g/mol. The van der Waals surface area contributed by atoms with Crippen molar-refractivity contribution in [2.75, 3.05) is 5.32 Å². The number of nitrogens with one attached hydrogen (secondary N) is 1. The molecule has 0 heterocycles. The second kappa shape index (κ2) is 5.63. The van der Waals surface area contributed by atoms with E-state index in [9.17, 15) is 9.59 Å². The topological polar surface area (TPSA) is 98.2 Å². The summed E-state index contributed by atoms with van der Waals surface area (Å²) in [6.07, 6.45) is 4.56. The number of carbonyl (C=O) groups excluding carboxylic acids is 2. The SMILES string of the molecule is Cc1cc(NC(=O)C2(N)CCCCC2)ccc1C(N)=O. The summed E-state index contributed by atoms with van der Waals surface area (Å²) in [5.41, 5.74) is 12.5. The number of primary amides is 1. The molecule has 1 aliphatic carbocycles. The molecule has 0 atom stereocenters. The van der Waals surface area contributed by atoms with E-state index >= 15 is 0 Å². The van der Waals surface area contributed by atoms with Crippen molar-refractivity contribution in [3.8, 4) is 0 Å². The highest BCUT2D eigenvalue weighted by Crippen LogP contribution is 2.27. The molecule has 0 spiro atoms. The number of hydrogen-bond acceptors (Lipinski definition) is 3. The first-order chi connectivity index (χ1) is 9.42. The fourth-order valence-corrected chi connectivity index (χ4v) is 2.68. The molecule has 1 aromatic rings. The van der Waals surface area contributed by atoms with E-state index in [1.165, 1.54) is 0 Å². The van der Waals surface area contributed by atoms with Gasteiger partial charge in [-0.05, 0) is 43.5 Å². The Morgan fingerprint density at radius 3 is 2.40 bits per heavy atom. The van der Waals surface area contributed by atoms with E-state index in [1.807, 2.05) is 0 Å². The van der Waals surface area contributed by atoms with Gasteiger partial charge in [0.1, 0.15) is 0 Å². The third-order valence-corrected chi connectivity index (χ3v) is 3.95. The van der Waals surface area contributed by atoms with Crippen LogP contribution in [-0.4, -0.2) is 17.4 Å². The molecule has 1 aliphatic rings. The Bertz CT molecular complexity index is 534. The van der Waals surface area contributed by atoms with Gasteiger partial charge in [-0.25, -0.2) is 0 Å². The lowest BCUT2D eigenvalue weighted by atomic mass is 9.82. The monoisotopic (exact) mass is 275 g/mol. The normalized spacial score (nSPS) is 17.5. The molecule has 1 saturated carbocycles. The molecule has 108 valence electrons. The summed E-state index contributed by atoms with van der Waals surface area (Å²) >= 11 is 0. The minimum Gasteiger partial charge on any atom is -0.366 e. The van der Waals surface area contributed by atoms with E-state index in [4.69, 9.17) is 11.5 Å². The summed E-state index contributed by atoms with van der Waals surface area (Å²) in [7, 11) is 0. The number of aryl methyl sites for hydroxylation is 1. The van der Waals surface area contributed by atoms with Crippen molar-refractivity contribution in [3.63, 3.8) is 0 Å². The lowest BCUT2D eigenvalue weighted by molar-refractivity contribution is -0.122. The van der Waals surface area contributed by atoms with Crippen molar-refractivity contribution in [2.24, 2.45) is 11.5 Å². The maximum atomic E-state index is 12.3. The second-order valence-corrected chi connectivity index (χ2v) is 5.56. The Hall–Kier alpha value is -1.88. The summed E-state index contributed by atoms with van der Waals surface area (Å²) in [5, 5.41) is 2.84. The molecule has 0 aliphatic heterocycles. The molecule has 0 bridgehead atoms. The number of carbonyl (C=O) groups is 2. The van der Waals surface area contributed by atoms with Crippen LogP contribution in [0.2, 0.25) is 0 Å². The Morgan fingerprint density at radius 2 is 1.85 bits per heavy atom. The van der Waals surface area contributed by atoms with Crippen LogP contribution in [0.15, 0.2) is 18.2 Å².